The first kappa shape index (κ1) is 44.4. The molecule has 0 saturated heterocycles. The molecule has 6 atom stereocenters. The SMILES string of the molecule is CC(C)C[C@H](NC(=O)CNC(=O)CN)C(=O)N[C@H](C(=O)N[C@@H](Cc1ccccc1)C(=O)N[C@@H](CCCCN)C(=O)N[C@H](C(=O)O)[C@@H](C)O)C(C)C. The quantitative estimate of drug-likeness (QED) is 0.0553. The van der Waals surface area contributed by atoms with Gasteiger partial charge in [0, 0.05) is 6.42 Å². The summed E-state index contributed by atoms with van der Waals surface area (Å²) in [6.45, 7) is 7.88. The van der Waals surface area contributed by atoms with Crippen LogP contribution in [-0.2, 0) is 40.0 Å². The van der Waals surface area contributed by atoms with Crippen LogP contribution in [0.5, 0.6) is 0 Å². The Morgan fingerprint density at radius 1 is 0.686 bits per heavy atom. The summed E-state index contributed by atoms with van der Waals surface area (Å²) in [4.78, 5) is 89.9. The maximum Gasteiger partial charge on any atom is 0.328 e. The fourth-order valence-corrected chi connectivity index (χ4v) is 4.99. The Morgan fingerprint density at radius 2 is 1.25 bits per heavy atom. The van der Waals surface area contributed by atoms with Gasteiger partial charge in [0.15, 0.2) is 6.04 Å². The molecule has 1 aromatic rings. The number of amides is 6. The topological polar surface area (TPSA) is 284 Å². The molecule has 0 aromatic heterocycles. The predicted octanol–water partition coefficient (Wildman–Crippen LogP) is -1.98. The van der Waals surface area contributed by atoms with E-state index in [1.165, 1.54) is 6.92 Å². The van der Waals surface area contributed by atoms with Crippen LogP contribution in [0.25, 0.3) is 0 Å². The summed E-state index contributed by atoms with van der Waals surface area (Å²) in [6.07, 6.45) is -0.188. The van der Waals surface area contributed by atoms with Crippen LogP contribution in [0.4, 0.5) is 0 Å². The predicted molar refractivity (Wildman–Crippen MR) is 188 cm³/mol. The lowest BCUT2D eigenvalue weighted by atomic mass is 9.98. The number of unbranched alkanes of at least 4 members (excludes halogenated alkanes) is 1. The second-order valence-electron chi connectivity index (χ2n) is 13.1. The first-order valence-electron chi connectivity index (χ1n) is 17.1. The van der Waals surface area contributed by atoms with Crippen LogP contribution >= 0.6 is 0 Å². The van der Waals surface area contributed by atoms with E-state index >= 15 is 0 Å². The van der Waals surface area contributed by atoms with Crippen molar-refractivity contribution < 1.29 is 43.8 Å². The zero-order valence-corrected chi connectivity index (χ0v) is 30.1. The summed E-state index contributed by atoms with van der Waals surface area (Å²) in [6, 6.07) is 2.46. The molecule has 0 unspecified atom stereocenters. The average Bonchev–Trinajstić information content (AvgIpc) is 3.06. The van der Waals surface area contributed by atoms with Crippen LogP contribution in [0.15, 0.2) is 30.3 Å². The third kappa shape index (κ3) is 16.8. The van der Waals surface area contributed by atoms with Crippen LogP contribution < -0.4 is 43.4 Å². The van der Waals surface area contributed by atoms with Gasteiger partial charge in [0.2, 0.25) is 35.4 Å². The lowest BCUT2D eigenvalue weighted by Crippen LogP contribution is -2.60. The summed E-state index contributed by atoms with van der Waals surface area (Å²) in [7, 11) is 0. The first-order chi connectivity index (χ1) is 24.0. The van der Waals surface area contributed by atoms with Crippen molar-refractivity contribution in [2.45, 2.75) is 103 Å². The van der Waals surface area contributed by atoms with E-state index in [0.717, 1.165) is 0 Å². The Kier molecular flexibility index (Phi) is 20.0. The Bertz CT molecular complexity index is 1310. The minimum Gasteiger partial charge on any atom is -0.480 e. The summed E-state index contributed by atoms with van der Waals surface area (Å²) in [5.74, 6) is -6.10. The molecular weight excluding hydrogens is 664 g/mol. The molecule has 0 radical (unpaired) electrons. The highest BCUT2D eigenvalue weighted by Crippen LogP contribution is 2.11. The lowest BCUT2D eigenvalue weighted by Gasteiger charge is -2.29. The molecule has 0 aliphatic heterocycles. The summed E-state index contributed by atoms with van der Waals surface area (Å²) in [5.41, 5.74) is 11.5. The first-order valence-corrected chi connectivity index (χ1v) is 17.1. The minimum absolute atomic E-state index is 0.000289. The molecule has 12 N–H and O–H groups in total. The number of hydrogen-bond acceptors (Lipinski definition) is 10. The molecule has 0 bridgehead atoms. The van der Waals surface area contributed by atoms with E-state index in [4.69, 9.17) is 11.5 Å². The zero-order chi connectivity index (χ0) is 38.7. The van der Waals surface area contributed by atoms with E-state index in [0.29, 0.717) is 24.9 Å². The van der Waals surface area contributed by atoms with Gasteiger partial charge in [-0.2, -0.15) is 0 Å². The van der Waals surface area contributed by atoms with E-state index in [2.05, 4.69) is 31.9 Å². The van der Waals surface area contributed by atoms with Gasteiger partial charge in [0.25, 0.3) is 0 Å². The molecule has 1 aromatic carbocycles. The number of nitrogens with one attached hydrogen (secondary N) is 6. The van der Waals surface area contributed by atoms with E-state index in [1.807, 2.05) is 13.8 Å². The number of aliphatic hydroxyl groups excluding tert-OH is 1. The zero-order valence-electron chi connectivity index (χ0n) is 30.1. The standard InChI is InChI=1S/C34H56N8O9/c1-19(2)15-24(38-27(45)18-37-26(44)17-36)32(48)41-28(20(3)4)33(49)40-25(16-22-11-7-6-8-12-22)31(47)39-23(13-9-10-14-35)30(46)42-29(21(5)43)34(50)51/h6-8,11-12,19-21,23-25,28-29,43H,9-10,13-18,35-36H2,1-5H3,(H,37,44)(H,38,45)(H,39,47)(H,40,49)(H,41,48)(H,42,46)(H,50,51)/t21-,23+,24+,25+,28+,29+/m1/s1. The fraction of sp³-hybridized carbons (Fsp3) is 0.618. The van der Waals surface area contributed by atoms with Crippen molar-refractivity contribution in [1.29, 1.82) is 0 Å². The van der Waals surface area contributed by atoms with Gasteiger partial charge >= 0.3 is 5.97 Å². The van der Waals surface area contributed by atoms with Crippen molar-refractivity contribution >= 4 is 41.4 Å². The second-order valence-corrected chi connectivity index (χ2v) is 13.1. The van der Waals surface area contributed by atoms with Gasteiger partial charge in [-0.15, -0.1) is 0 Å². The third-order valence-corrected chi connectivity index (χ3v) is 7.78. The fourth-order valence-electron chi connectivity index (χ4n) is 4.99. The van der Waals surface area contributed by atoms with Crippen molar-refractivity contribution in [3.05, 3.63) is 35.9 Å². The highest BCUT2D eigenvalue weighted by atomic mass is 16.4. The number of carbonyl (C=O) groups is 7. The maximum atomic E-state index is 13.8. The highest BCUT2D eigenvalue weighted by Gasteiger charge is 2.34. The number of nitrogens with two attached hydrogens (primary N) is 2. The van der Waals surface area contributed by atoms with Crippen LogP contribution in [0.1, 0.15) is 65.9 Å². The molecule has 6 amide bonds. The molecular formula is C34H56N8O9. The van der Waals surface area contributed by atoms with Gasteiger partial charge in [0.05, 0.1) is 19.2 Å². The van der Waals surface area contributed by atoms with Gasteiger partial charge in [-0.3, -0.25) is 28.8 Å². The average molecular weight is 721 g/mol. The second kappa shape index (κ2) is 23.0. The monoisotopic (exact) mass is 720 g/mol. The number of carboxylic acids is 1. The molecule has 0 spiro atoms. The van der Waals surface area contributed by atoms with Crippen molar-refractivity contribution in [2.24, 2.45) is 23.3 Å². The summed E-state index contributed by atoms with van der Waals surface area (Å²) >= 11 is 0. The number of aliphatic carboxylic acids is 1. The Balaban J connectivity index is 3.30. The Labute approximate surface area is 298 Å². The maximum absolute atomic E-state index is 13.8. The van der Waals surface area contributed by atoms with E-state index in [1.54, 1.807) is 44.2 Å². The van der Waals surface area contributed by atoms with Crippen LogP contribution in [-0.4, -0.2) is 108 Å². The number of rotatable bonds is 23. The number of aliphatic hydroxyl groups is 1. The molecule has 286 valence electrons. The van der Waals surface area contributed by atoms with Crippen LogP contribution in [0.3, 0.4) is 0 Å². The number of carbonyl (C=O) groups excluding carboxylic acids is 6. The smallest absolute Gasteiger partial charge is 0.328 e. The number of benzene rings is 1. The minimum atomic E-state index is -1.63. The van der Waals surface area contributed by atoms with Gasteiger partial charge in [-0.25, -0.2) is 4.79 Å². The van der Waals surface area contributed by atoms with Crippen LogP contribution in [0.2, 0.25) is 0 Å². The van der Waals surface area contributed by atoms with Gasteiger partial charge in [-0.1, -0.05) is 58.0 Å². The normalized spacial score (nSPS) is 14.6. The number of hydrogen-bond donors (Lipinski definition) is 10. The lowest BCUT2D eigenvalue weighted by molar-refractivity contribution is -0.145. The molecule has 0 aliphatic rings. The Hall–Kier alpha value is -4.61. The van der Waals surface area contributed by atoms with E-state index in [9.17, 15) is 43.8 Å². The van der Waals surface area contributed by atoms with Crippen LogP contribution in [0, 0.1) is 11.8 Å². The van der Waals surface area contributed by atoms with Crippen molar-refractivity contribution in [1.82, 2.24) is 31.9 Å². The third-order valence-electron chi connectivity index (χ3n) is 7.78. The molecule has 0 heterocycles. The van der Waals surface area contributed by atoms with Gasteiger partial charge < -0.3 is 53.6 Å². The van der Waals surface area contributed by atoms with Crippen molar-refractivity contribution in [2.75, 3.05) is 19.6 Å². The van der Waals surface area contributed by atoms with Crippen molar-refractivity contribution in [3.63, 3.8) is 0 Å². The Morgan fingerprint density at radius 3 is 1.78 bits per heavy atom. The summed E-state index contributed by atoms with van der Waals surface area (Å²) in [5, 5.41) is 34.5. The molecule has 0 fully saturated rings. The molecule has 0 aliphatic carbocycles. The van der Waals surface area contributed by atoms with E-state index in [-0.39, 0.29) is 31.7 Å². The van der Waals surface area contributed by atoms with Gasteiger partial charge in [0.1, 0.15) is 24.2 Å². The molecule has 0 saturated carbocycles. The molecule has 17 heteroatoms. The largest absolute Gasteiger partial charge is 0.480 e. The number of carboxylic acid groups (broad SMARTS) is 1. The molecule has 17 nitrogen and oxygen atoms in total. The highest BCUT2D eigenvalue weighted by molar-refractivity contribution is 5.96. The summed E-state index contributed by atoms with van der Waals surface area (Å²) < 4.78 is 0. The molecule has 1 rings (SSSR count). The van der Waals surface area contributed by atoms with Gasteiger partial charge in [-0.05, 0) is 56.6 Å². The van der Waals surface area contributed by atoms with E-state index < -0.39 is 90.2 Å². The molecule has 51 heavy (non-hydrogen) atoms. The van der Waals surface area contributed by atoms with Crippen molar-refractivity contribution in [3.8, 4) is 0 Å².